The number of rotatable bonds is 6. The van der Waals surface area contributed by atoms with E-state index in [-0.39, 0.29) is 5.91 Å². The van der Waals surface area contributed by atoms with E-state index >= 15 is 0 Å². The summed E-state index contributed by atoms with van der Waals surface area (Å²) in [5.74, 6) is 0.977. The predicted molar refractivity (Wildman–Crippen MR) is 135 cm³/mol. The number of aryl methyl sites for hydroxylation is 1. The van der Waals surface area contributed by atoms with Gasteiger partial charge in [0.25, 0.3) is 5.91 Å². The van der Waals surface area contributed by atoms with Crippen LogP contribution in [0.15, 0.2) is 78.2 Å². The van der Waals surface area contributed by atoms with Gasteiger partial charge < -0.3 is 9.64 Å². The zero-order valence-electron chi connectivity index (χ0n) is 18.9. The van der Waals surface area contributed by atoms with Crippen LogP contribution in [-0.2, 0) is 13.2 Å². The van der Waals surface area contributed by atoms with Crippen molar-refractivity contribution in [2.24, 2.45) is 0 Å². The number of ether oxygens (including phenoxy) is 1. The zero-order valence-corrected chi connectivity index (χ0v) is 19.7. The van der Waals surface area contributed by atoms with E-state index in [1.807, 2.05) is 34.5 Å². The van der Waals surface area contributed by atoms with Crippen LogP contribution in [0.25, 0.3) is 10.8 Å². The fraction of sp³-hybridized carbons (Fsp3) is 0.250. The van der Waals surface area contributed by atoms with Gasteiger partial charge in [0, 0.05) is 38.3 Å². The average Bonchev–Trinajstić information content (AvgIpc) is 3.33. The molecule has 1 saturated heterocycles. The van der Waals surface area contributed by atoms with Gasteiger partial charge in [0.2, 0.25) is 0 Å². The molecule has 5 rings (SSSR count). The van der Waals surface area contributed by atoms with Crippen LogP contribution in [-0.4, -0.2) is 41.9 Å². The minimum atomic E-state index is 0.132. The van der Waals surface area contributed by atoms with Gasteiger partial charge in [-0.05, 0) is 52.4 Å². The molecule has 4 aromatic rings. The maximum Gasteiger partial charge on any atom is 0.264 e. The molecule has 0 unspecified atom stereocenters. The van der Waals surface area contributed by atoms with Gasteiger partial charge in [-0.1, -0.05) is 54.6 Å². The first-order valence-corrected chi connectivity index (χ1v) is 12.3. The second-order valence-corrected chi connectivity index (χ2v) is 9.52. The first-order chi connectivity index (χ1) is 16.2. The lowest BCUT2D eigenvalue weighted by Gasteiger charge is -2.34. The molecular weight excluding hydrogens is 428 g/mol. The minimum absolute atomic E-state index is 0.132. The molecule has 1 aromatic heterocycles. The highest BCUT2D eigenvalue weighted by molar-refractivity contribution is 7.12. The normalized spacial score (nSPS) is 14.5. The summed E-state index contributed by atoms with van der Waals surface area (Å²) in [6, 6.07) is 24.9. The summed E-state index contributed by atoms with van der Waals surface area (Å²) in [6.45, 7) is 6.92. The molecule has 0 bridgehead atoms. The van der Waals surface area contributed by atoms with Crippen molar-refractivity contribution < 1.29 is 9.53 Å². The molecule has 0 saturated carbocycles. The lowest BCUT2D eigenvalue weighted by atomic mass is 10.1. The molecule has 1 aliphatic heterocycles. The summed E-state index contributed by atoms with van der Waals surface area (Å²) in [5, 5.41) is 4.40. The fourth-order valence-corrected chi connectivity index (χ4v) is 5.14. The number of carbonyl (C=O) groups excluding carboxylic acids is 1. The third kappa shape index (κ3) is 5.10. The molecule has 33 heavy (non-hydrogen) atoms. The van der Waals surface area contributed by atoms with Crippen LogP contribution in [0, 0.1) is 6.92 Å². The molecule has 0 spiro atoms. The molecule has 2 heterocycles. The van der Waals surface area contributed by atoms with E-state index < -0.39 is 0 Å². The highest BCUT2D eigenvalue weighted by Crippen LogP contribution is 2.23. The number of fused-ring (bicyclic) bond motifs is 1. The number of hydrogen-bond acceptors (Lipinski definition) is 4. The number of carbonyl (C=O) groups is 1. The number of thiophene rings is 1. The van der Waals surface area contributed by atoms with E-state index in [0.29, 0.717) is 6.61 Å². The molecule has 3 aromatic carbocycles. The van der Waals surface area contributed by atoms with E-state index in [1.54, 1.807) is 0 Å². The van der Waals surface area contributed by atoms with Gasteiger partial charge in [0.05, 0.1) is 4.88 Å². The first-order valence-electron chi connectivity index (χ1n) is 11.4. The van der Waals surface area contributed by atoms with Gasteiger partial charge in [-0.2, -0.15) is 0 Å². The summed E-state index contributed by atoms with van der Waals surface area (Å²) in [5.41, 5.74) is 3.73. The Morgan fingerprint density at radius 2 is 1.67 bits per heavy atom. The van der Waals surface area contributed by atoms with Crippen molar-refractivity contribution in [1.29, 1.82) is 0 Å². The topological polar surface area (TPSA) is 32.8 Å². The van der Waals surface area contributed by atoms with Crippen molar-refractivity contribution in [3.8, 4) is 5.75 Å². The Balaban J connectivity index is 1.14. The van der Waals surface area contributed by atoms with E-state index in [0.717, 1.165) is 54.3 Å². The molecule has 0 atom stereocenters. The molecule has 0 N–H and O–H groups in total. The highest BCUT2D eigenvalue weighted by Gasteiger charge is 2.23. The molecule has 5 heteroatoms. The van der Waals surface area contributed by atoms with Crippen LogP contribution in [0.1, 0.15) is 26.4 Å². The third-order valence-electron chi connectivity index (χ3n) is 6.31. The van der Waals surface area contributed by atoms with Gasteiger partial charge >= 0.3 is 0 Å². The van der Waals surface area contributed by atoms with E-state index in [2.05, 4.69) is 60.4 Å². The van der Waals surface area contributed by atoms with Crippen LogP contribution in [0.4, 0.5) is 0 Å². The monoisotopic (exact) mass is 456 g/mol. The lowest BCUT2D eigenvalue weighted by molar-refractivity contribution is 0.0633. The van der Waals surface area contributed by atoms with Crippen LogP contribution in [0.2, 0.25) is 0 Å². The number of amides is 1. The molecule has 1 aliphatic rings. The SMILES string of the molecule is Cc1ccccc1CN1CCN(C(=O)c2cc(COc3ccc4ccccc4c3)cs2)CC1. The van der Waals surface area contributed by atoms with E-state index in [9.17, 15) is 4.79 Å². The van der Waals surface area contributed by atoms with Gasteiger partial charge in [-0.15, -0.1) is 11.3 Å². The van der Waals surface area contributed by atoms with Crippen molar-refractivity contribution in [3.63, 3.8) is 0 Å². The van der Waals surface area contributed by atoms with Crippen LogP contribution < -0.4 is 4.74 Å². The minimum Gasteiger partial charge on any atom is -0.489 e. The Labute approximate surface area is 199 Å². The maximum atomic E-state index is 13.0. The van der Waals surface area contributed by atoms with Gasteiger partial charge in [-0.3, -0.25) is 9.69 Å². The van der Waals surface area contributed by atoms with Gasteiger partial charge in [0.15, 0.2) is 0 Å². The largest absolute Gasteiger partial charge is 0.489 e. The molecule has 1 amide bonds. The Hall–Kier alpha value is -3.15. The molecule has 168 valence electrons. The molecular formula is C28H28N2O2S. The summed E-state index contributed by atoms with van der Waals surface area (Å²) < 4.78 is 5.99. The van der Waals surface area contributed by atoms with Crippen molar-refractivity contribution in [1.82, 2.24) is 9.80 Å². The number of hydrogen-bond donors (Lipinski definition) is 0. The average molecular weight is 457 g/mol. The molecule has 0 aliphatic carbocycles. The third-order valence-corrected chi connectivity index (χ3v) is 7.27. The number of nitrogens with zero attached hydrogens (tertiary/aromatic N) is 2. The summed E-state index contributed by atoms with van der Waals surface area (Å²) in [6.07, 6.45) is 0. The van der Waals surface area contributed by atoms with Gasteiger partial charge in [-0.25, -0.2) is 0 Å². The van der Waals surface area contributed by atoms with Crippen LogP contribution in [0.3, 0.4) is 0 Å². The van der Waals surface area contributed by atoms with Crippen molar-refractivity contribution in [3.05, 3.63) is 99.7 Å². The standard InChI is InChI=1S/C28H28N2O2S/c1-21-6-2-3-9-25(21)18-29-12-14-30(15-13-29)28(31)27-16-22(20-33-27)19-32-26-11-10-23-7-4-5-8-24(23)17-26/h2-11,16-17,20H,12-15,18-19H2,1H3. The van der Waals surface area contributed by atoms with Crippen LogP contribution >= 0.6 is 11.3 Å². The van der Waals surface area contributed by atoms with E-state index in [1.165, 1.54) is 27.8 Å². The predicted octanol–water partition coefficient (Wildman–Crippen LogP) is 5.75. The van der Waals surface area contributed by atoms with Crippen molar-refractivity contribution in [2.45, 2.75) is 20.1 Å². The highest BCUT2D eigenvalue weighted by atomic mass is 32.1. The zero-order chi connectivity index (χ0) is 22.6. The van der Waals surface area contributed by atoms with Crippen molar-refractivity contribution >= 4 is 28.0 Å². The lowest BCUT2D eigenvalue weighted by Crippen LogP contribution is -2.48. The Kier molecular flexibility index (Phi) is 6.42. The van der Waals surface area contributed by atoms with E-state index in [4.69, 9.17) is 4.74 Å². The number of piperazine rings is 1. The smallest absolute Gasteiger partial charge is 0.264 e. The molecule has 4 nitrogen and oxygen atoms in total. The Morgan fingerprint density at radius 1 is 0.909 bits per heavy atom. The fourth-order valence-electron chi connectivity index (χ4n) is 4.28. The van der Waals surface area contributed by atoms with Gasteiger partial charge in [0.1, 0.15) is 12.4 Å². The second-order valence-electron chi connectivity index (χ2n) is 8.61. The maximum absolute atomic E-state index is 13.0. The summed E-state index contributed by atoms with van der Waals surface area (Å²) >= 11 is 1.51. The van der Waals surface area contributed by atoms with Crippen LogP contribution in [0.5, 0.6) is 5.75 Å². The van der Waals surface area contributed by atoms with Crippen molar-refractivity contribution in [2.75, 3.05) is 26.2 Å². The quantitative estimate of drug-likeness (QED) is 0.371. The Morgan fingerprint density at radius 3 is 2.48 bits per heavy atom. The molecule has 1 fully saturated rings. The summed E-state index contributed by atoms with van der Waals surface area (Å²) in [4.78, 5) is 18.2. The Bertz CT molecular complexity index is 1260. The second kappa shape index (κ2) is 9.77. The summed E-state index contributed by atoms with van der Waals surface area (Å²) in [7, 11) is 0. The molecule has 0 radical (unpaired) electrons. The number of benzene rings is 3. The first kappa shape index (κ1) is 21.7.